The van der Waals surface area contributed by atoms with Gasteiger partial charge in [0.1, 0.15) is 11.2 Å². The van der Waals surface area contributed by atoms with Crippen molar-refractivity contribution < 1.29 is 47.7 Å². The predicted molar refractivity (Wildman–Crippen MR) is 157 cm³/mol. The Hall–Kier alpha value is -4.34. The summed E-state index contributed by atoms with van der Waals surface area (Å²) >= 11 is 0. The molecule has 2 fully saturated rings. The van der Waals surface area contributed by atoms with Gasteiger partial charge in [0.25, 0.3) is 0 Å². The van der Waals surface area contributed by atoms with Gasteiger partial charge in [0.15, 0.2) is 11.6 Å². The number of allylic oxidation sites excluding steroid dienone is 4. The highest BCUT2D eigenvalue weighted by Crippen LogP contribution is 2.36. The minimum absolute atomic E-state index is 0.0627. The van der Waals surface area contributed by atoms with Gasteiger partial charge in [-0.2, -0.15) is 0 Å². The molecule has 44 heavy (non-hydrogen) atoms. The van der Waals surface area contributed by atoms with Crippen LogP contribution in [0.5, 0.6) is 0 Å². The van der Waals surface area contributed by atoms with Crippen molar-refractivity contribution in [1.29, 1.82) is 0 Å². The number of esters is 2. The van der Waals surface area contributed by atoms with Crippen molar-refractivity contribution >= 4 is 35.1 Å². The number of carbonyl (C=O) groups excluding carboxylic acids is 6. The second-order valence-electron chi connectivity index (χ2n) is 12.0. The molecule has 2 aliphatic carbocycles. The Morgan fingerprint density at radius 3 is 1.48 bits per heavy atom. The highest BCUT2D eigenvalue weighted by Gasteiger charge is 2.40. The molecule has 234 valence electrons. The minimum atomic E-state index is -0.577. The summed E-state index contributed by atoms with van der Waals surface area (Å²) in [6.07, 6.45) is 3.95. The third-order valence-electron chi connectivity index (χ3n) is 8.82. The van der Waals surface area contributed by atoms with Gasteiger partial charge < -0.3 is 18.9 Å². The standard InChI is InChI=1S/C18H18O4.C16H20O6/c1-11-12(7-9-18(2)10-8-15(19)22-18)17(21)14-6-4-3-5-13(14)16(11)20;1-9-10(5-7-16(2)8-6-11(17)22-16)13(19)15(21-4)14(20-3)12(9)18/h3-6H,7-10H2,1-2H3;5-8H2,1-4H3. The summed E-state index contributed by atoms with van der Waals surface area (Å²) < 4.78 is 20.7. The number of Topliss-reactive ketones (excluding diaryl/α,β-unsaturated/α-hetero) is 4. The molecule has 2 saturated heterocycles. The third kappa shape index (κ3) is 6.44. The molecule has 0 aromatic heterocycles. The highest BCUT2D eigenvalue weighted by molar-refractivity contribution is 6.26. The summed E-state index contributed by atoms with van der Waals surface area (Å²) in [4.78, 5) is 72.3. The number of rotatable bonds is 8. The van der Waals surface area contributed by atoms with E-state index < -0.39 is 11.2 Å². The van der Waals surface area contributed by atoms with Gasteiger partial charge in [-0.25, -0.2) is 0 Å². The molecule has 0 amide bonds. The second-order valence-corrected chi connectivity index (χ2v) is 12.0. The van der Waals surface area contributed by atoms with Crippen LogP contribution in [0.4, 0.5) is 0 Å². The molecule has 1 aromatic rings. The zero-order chi connectivity index (χ0) is 32.4. The van der Waals surface area contributed by atoms with Gasteiger partial charge >= 0.3 is 11.9 Å². The number of ether oxygens (including phenoxy) is 4. The second kappa shape index (κ2) is 12.7. The van der Waals surface area contributed by atoms with Crippen LogP contribution in [-0.2, 0) is 38.1 Å². The van der Waals surface area contributed by atoms with E-state index in [0.29, 0.717) is 84.8 Å². The quantitative estimate of drug-likeness (QED) is 0.290. The number of fused-ring (bicyclic) bond motifs is 1. The molecule has 10 nitrogen and oxygen atoms in total. The lowest BCUT2D eigenvalue weighted by Crippen LogP contribution is -2.28. The van der Waals surface area contributed by atoms with Crippen molar-refractivity contribution in [2.45, 2.75) is 90.3 Å². The SMILES string of the molecule is CC1=C(CCC2(C)CCC(=O)O2)C(=O)c2ccccc2C1=O.COC1=C(OC)C(=O)C(CCC2(C)CCC(=O)O2)=C(C)C1=O. The summed E-state index contributed by atoms with van der Waals surface area (Å²) in [5, 5.41) is 0. The first-order valence-corrected chi connectivity index (χ1v) is 14.7. The van der Waals surface area contributed by atoms with E-state index in [4.69, 9.17) is 18.9 Å². The first-order valence-electron chi connectivity index (χ1n) is 14.7. The Morgan fingerprint density at radius 1 is 0.636 bits per heavy atom. The molecule has 2 atom stereocenters. The fourth-order valence-electron chi connectivity index (χ4n) is 5.96. The van der Waals surface area contributed by atoms with E-state index in [1.165, 1.54) is 14.2 Å². The smallest absolute Gasteiger partial charge is 0.306 e. The molecule has 0 spiro atoms. The average Bonchev–Trinajstić information content (AvgIpc) is 3.53. The molecule has 0 radical (unpaired) electrons. The zero-order valence-corrected chi connectivity index (χ0v) is 26.0. The van der Waals surface area contributed by atoms with Gasteiger partial charge in [-0.3, -0.25) is 28.8 Å². The molecule has 2 aliphatic heterocycles. The van der Waals surface area contributed by atoms with Crippen LogP contribution in [0, 0.1) is 0 Å². The Balaban J connectivity index is 0.000000201. The summed E-state index contributed by atoms with van der Waals surface area (Å²) in [6, 6.07) is 6.92. The highest BCUT2D eigenvalue weighted by atomic mass is 16.6. The lowest BCUT2D eigenvalue weighted by Gasteiger charge is -2.25. The molecule has 0 N–H and O–H groups in total. The first-order chi connectivity index (χ1) is 20.7. The van der Waals surface area contributed by atoms with Crippen molar-refractivity contribution in [3.8, 4) is 0 Å². The van der Waals surface area contributed by atoms with E-state index in [0.717, 1.165) is 0 Å². The maximum absolute atomic E-state index is 12.6. The van der Waals surface area contributed by atoms with Gasteiger partial charge in [0.2, 0.25) is 23.1 Å². The normalized spacial score (nSPS) is 25.1. The number of benzene rings is 1. The monoisotopic (exact) mass is 606 g/mol. The van der Waals surface area contributed by atoms with Crippen molar-refractivity contribution in [2.24, 2.45) is 0 Å². The Morgan fingerprint density at radius 2 is 1.05 bits per heavy atom. The number of methoxy groups -OCH3 is 2. The summed E-state index contributed by atoms with van der Waals surface area (Å²) in [5.41, 5.74) is 1.66. The van der Waals surface area contributed by atoms with Crippen molar-refractivity contribution in [2.75, 3.05) is 14.2 Å². The number of hydrogen-bond donors (Lipinski definition) is 0. The van der Waals surface area contributed by atoms with E-state index >= 15 is 0 Å². The number of carbonyl (C=O) groups is 6. The van der Waals surface area contributed by atoms with Gasteiger partial charge in [-0.05, 0) is 66.2 Å². The average molecular weight is 607 g/mol. The number of ketones is 4. The largest absolute Gasteiger partial charge is 0.489 e. The Labute approximate surface area is 256 Å². The van der Waals surface area contributed by atoms with E-state index in [1.54, 1.807) is 38.1 Å². The first kappa shape index (κ1) is 32.6. The van der Waals surface area contributed by atoms with Gasteiger partial charge in [-0.1, -0.05) is 24.3 Å². The minimum Gasteiger partial charge on any atom is -0.489 e. The van der Waals surface area contributed by atoms with Crippen LogP contribution in [0.2, 0.25) is 0 Å². The van der Waals surface area contributed by atoms with Crippen molar-refractivity contribution in [3.63, 3.8) is 0 Å². The Bertz CT molecular complexity index is 1540. The molecule has 1 aromatic carbocycles. The summed E-state index contributed by atoms with van der Waals surface area (Å²) in [6.45, 7) is 7.03. The third-order valence-corrected chi connectivity index (χ3v) is 8.82. The van der Waals surface area contributed by atoms with Crippen LogP contribution in [0.1, 0.15) is 99.8 Å². The predicted octanol–water partition coefficient (Wildman–Crippen LogP) is 5.09. The molecular weight excluding hydrogens is 568 g/mol. The van der Waals surface area contributed by atoms with E-state index in [2.05, 4.69) is 0 Å². The molecule has 0 saturated carbocycles. The molecule has 10 heteroatoms. The number of cyclic esters (lactones) is 2. The van der Waals surface area contributed by atoms with E-state index in [1.807, 2.05) is 13.8 Å². The van der Waals surface area contributed by atoms with Crippen LogP contribution in [0.25, 0.3) is 0 Å². The van der Waals surface area contributed by atoms with Crippen LogP contribution < -0.4 is 0 Å². The fraction of sp³-hybridized carbons (Fsp3) is 0.471. The summed E-state index contributed by atoms with van der Waals surface area (Å²) in [7, 11) is 2.66. The maximum Gasteiger partial charge on any atom is 0.306 e. The molecule has 4 aliphatic rings. The van der Waals surface area contributed by atoms with Crippen molar-refractivity contribution in [3.05, 3.63) is 69.2 Å². The molecule has 2 heterocycles. The van der Waals surface area contributed by atoms with Crippen LogP contribution in [-0.4, -0.2) is 60.5 Å². The topological polar surface area (TPSA) is 139 Å². The van der Waals surface area contributed by atoms with E-state index in [-0.39, 0.29) is 46.6 Å². The zero-order valence-electron chi connectivity index (χ0n) is 26.0. The van der Waals surface area contributed by atoms with Gasteiger partial charge in [-0.15, -0.1) is 0 Å². The van der Waals surface area contributed by atoms with Gasteiger partial charge in [0.05, 0.1) is 14.2 Å². The number of hydrogen-bond acceptors (Lipinski definition) is 10. The fourth-order valence-corrected chi connectivity index (χ4v) is 5.96. The Kier molecular flexibility index (Phi) is 9.41. The summed E-state index contributed by atoms with van der Waals surface area (Å²) in [5.74, 6) is -1.40. The molecule has 5 rings (SSSR count). The lowest BCUT2D eigenvalue weighted by atomic mass is 9.81. The molecule has 0 bridgehead atoms. The maximum atomic E-state index is 12.6. The lowest BCUT2D eigenvalue weighted by molar-refractivity contribution is -0.148. The molecular formula is C34H38O10. The van der Waals surface area contributed by atoms with Crippen LogP contribution in [0.15, 0.2) is 58.1 Å². The van der Waals surface area contributed by atoms with E-state index in [9.17, 15) is 28.8 Å². The van der Waals surface area contributed by atoms with Crippen molar-refractivity contribution in [1.82, 2.24) is 0 Å². The molecule has 2 unspecified atom stereocenters. The van der Waals surface area contributed by atoms with Crippen LogP contribution >= 0.6 is 0 Å². The van der Waals surface area contributed by atoms with Gasteiger partial charge in [0, 0.05) is 46.3 Å². The van der Waals surface area contributed by atoms with Crippen LogP contribution in [0.3, 0.4) is 0 Å².